The zero-order valence-electron chi connectivity index (χ0n) is 17.8. The van der Waals surface area contributed by atoms with Crippen LogP contribution in [0.15, 0.2) is 30.3 Å². The molecule has 0 saturated heterocycles. The van der Waals surface area contributed by atoms with Gasteiger partial charge in [-0.15, -0.1) is 0 Å². The zero-order chi connectivity index (χ0) is 21.6. The summed E-state index contributed by atoms with van der Waals surface area (Å²) in [5, 5.41) is 1.07. The molecule has 30 heavy (non-hydrogen) atoms. The van der Waals surface area contributed by atoms with E-state index in [-0.39, 0.29) is 17.6 Å². The molecular weight excluding hydrogens is 374 g/mol. The van der Waals surface area contributed by atoms with Crippen molar-refractivity contribution in [2.75, 3.05) is 0 Å². The molecule has 1 unspecified atom stereocenters. The van der Waals surface area contributed by atoms with Crippen LogP contribution < -0.4 is 0 Å². The van der Waals surface area contributed by atoms with E-state index >= 15 is 0 Å². The van der Waals surface area contributed by atoms with Crippen molar-refractivity contribution >= 4 is 28.8 Å². The Morgan fingerprint density at radius 1 is 1.03 bits per heavy atom. The topological polar surface area (TPSA) is 75.5 Å². The second-order valence-electron chi connectivity index (χ2n) is 8.37. The first-order valence-electron chi connectivity index (χ1n) is 10.3. The van der Waals surface area contributed by atoms with E-state index in [1.54, 1.807) is 0 Å². The Morgan fingerprint density at radius 2 is 1.73 bits per heavy atom. The summed E-state index contributed by atoms with van der Waals surface area (Å²) in [5.74, 6) is -0.432. The zero-order valence-corrected chi connectivity index (χ0v) is 17.8. The molecule has 5 nitrogen and oxygen atoms in total. The Hall–Kier alpha value is -3.30. The van der Waals surface area contributed by atoms with Gasteiger partial charge in [0, 0.05) is 22.6 Å². The maximum absolute atomic E-state index is 13.7. The number of hydrogen-bond donors (Lipinski definition) is 0. The third-order valence-corrected chi connectivity index (χ3v) is 6.46. The van der Waals surface area contributed by atoms with Gasteiger partial charge in [0.15, 0.2) is 0 Å². The number of Topliss-reactive ketones (excluding diaryl/α,β-unsaturated/α-hetero) is 1. The predicted molar refractivity (Wildman–Crippen MR) is 117 cm³/mol. The predicted octanol–water partition coefficient (Wildman–Crippen LogP) is 4.54. The van der Waals surface area contributed by atoms with E-state index in [1.165, 1.54) is 0 Å². The fraction of sp³-hybridized carbons (Fsp3) is 0.320. The molecule has 1 aliphatic carbocycles. The van der Waals surface area contributed by atoms with Gasteiger partial charge in [0.2, 0.25) is 5.78 Å². The molecule has 0 bridgehead atoms. The van der Waals surface area contributed by atoms with Crippen LogP contribution in [0.1, 0.15) is 50.3 Å². The Bertz CT molecular complexity index is 1260. The highest BCUT2D eigenvalue weighted by Gasteiger charge is 2.32. The summed E-state index contributed by atoms with van der Waals surface area (Å²) in [6, 6.07) is 9.95. The molecule has 1 atom stereocenters. The van der Waals surface area contributed by atoms with E-state index in [1.807, 2.05) is 56.5 Å². The minimum absolute atomic E-state index is 0.0280. The summed E-state index contributed by atoms with van der Waals surface area (Å²) >= 11 is 0. The Labute approximate surface area is 176 Å². The van der Waals surface area contributed by atoms with Gasteiger partial charge < -0.3 is 5.53 Å². The summed E-state index contributed by atoms with van der Waals surface area (Å²) < 4.78 is 1.87. The molecule has 152 valence electrons. The highest BCUT2D eigenvalue weighted by Crippen LogP contribution is 2.38. The Morgan fingerprint density at radius 3 is 2.43 bits per heavy atom. The summed E-state index contributed by atoms with van der Waals surface area (Å²) in [5.41, 5.74) is 16.8. The molecule has 4 rings (SSSR count). The number of rotatable bonds is 3. The molecular formula is C25H25N3O2. The van der Waals surface area contributed by atoms with Gasteiger partial charge in [-0.3, -0.25) is 14.2 Å². The molecule has 0 N–H and O–H groups in total. The van der Waals surface area contributed by atoms with Crippen molar-refractivity contribution in [3.8, 4) is 0 Å². The van der Waals surface area contributed by atoms with Crippen LogP contribution in [0.25, 0.3) is 16.4 Å². The highest BCUT2D eigenvalue weighted by atomic mass is 16.2. The van der Waals surface area contributed by atoms with Crippen molar-refractivity contribution in [3.63, 3.8) is 0 Å². The van der Waals surface area contributed by atoms with Crippen LogP contribution in [-0.4, -0.2) is 27.3 Å². The lowest BCUT2D eigenvalue weighted by atomic mass is 9.83. The number of ketones is 1. The maximum Gasteiger partial charge on any atom is 0.323 e. The van der Waals surface area contributed by atoms with Crippen LogP contribution in [0.5, 0.6) is 0 Å². The highest BCUT2D eigenvalue weighted by molar-refractivity contribution is 6.26. The van der Waals surface area contributed by atoms with Crippen molar-refractivity contribution in [1.29, 1.82) is 0 Å². The van der Waals surface area contributed by atoms with Gasteiger partial charge in [-0.1, -0.05) is 18.2 Å². The van der Waals surface area contributed by atoms with E-state index in [2.05, 4.69) is 10.9 Å². The van der Waals surface area contributed by atoms with Gasteiger partial charge in [-0.2, -0.15) is 4.79 Å². The lowest BCUT2D eigenvalue weighted by Gasteiger charge is -2.21. The number of hydrogen-bond acceptors (Lipinski definition) is 2. The van der Waals surface area contributed by atoms with Crippen molar-refractivity contribution in [3.05, 3.63) is 74.9 Å². The molecule has 1 aliphatic rings. The van der Waals surface area contributed by atoms with Crippen LogP contribution in [-0.2, 0) is 17.6 Å². The summed E-state index contributed by atoms with van der Waals surface area (Å²) in [6.45, 7) is 8.13. The van der Waals surface area contributed by atoms with Crippen LogP contribution in [0, 0.1) is 33.6 Å². The fourth-order valence-corrected chi connectivity index (χ4v) is 4.65. The van der Waals surface area contributed by atoms with Crippen LogP contribution in [0.2, 0.25) is 0 Å². The van der Waals surface area contributed by atoms with Crippen LogP contribution >= 0.6 is 0 Å². The van der Waals surface area contributed by atoms with Gasteiger partial charge in [-0.05, 0) is 86.9 Å². The number of benzene rings is 2. The van der Waals surface area contributed by atoms with E-state index in [0.717, 1.165) is 50.6 Å². The summed E-state index contributed by atoms with van der Waals surface area (Å²) in [7, 11) is 0. The average molecular weight is 399 g/mol. The first-order chi connectivity index (χ1) is 14.3. The number of aromatic nitrogens is 1. The van der Waals surface area contributed by atoms with Crippen molar-refractivity contribution < 1.29 is 14.4 Å². The fourth-order valence-electron chi connectivity index (χ4n) is 4.65. The molecule has 0 aliphatic heterocycles. The third kappa shape index (κ3) is 3.12. The number of carbonyl (C=O) groups is 2. The van der Waals surface area contributed by atoms with Crippen LogP contribution in [0.3, 0.4) is 0 Å². The van der Waals surface area contributed by atoms with E-state index in [0.29, 0.717) is 24.8 Å². The van der Waals surface area contributed by atoms with Gasteiger partial charge in [0.05, 0.1) is 5.52 Å². The number of aryl methyl sites for hydroxylation is 4. The summed E-state index contributed by atoms with van der Waals surface area (Å²) in [6.07, 6.45) is 2.81. The van der Waals surface area contributed by atoms with E-state index in [9.17, 15) is 9.59 Å². The second kappa shape index (κ2) is 7.51. The molecule has 0 saturated carbocycles. The molecule has 3 aromatic rings. The van der Waals surface area contributed by atoms with E-state index < -0.39 is 0 Å². The molecule has 0 spiro atoms. The molecule has 2 aromatic carbocycles. The molecule has 0 amide bonds. The van der Waals surface area contributed by atoms with E-state index in [4.69, 9.17) is 5.53 Å². The Balaban J connectivity index is 1.94. The first kappa shape index (κ1) is 20.0. The Kier molecular flexibility index (Phi) is 5.00. The molecule has 0 radical (unpaired) electrons. The largest absolute Gasteiger partial charge is 0.361 e. The quantitative estimate of drug-likeness (QED) is 0.368. The number of carbonyl (C=O) groups excluding carboxylic acids is 2. The lowest BCUT2D eigenvalue weighted by Crippen LogP contribution is -2.26. The second-order valence-corrected chi connectivity index (χ2v) is 8.37. The van der Waals surface area contributed by atoms with Gasteiger partial charge in [-0.25, -0.2) is 0 Å². The molecule has 5 heteroatoms. The monoisotopic (exact) mass is 399 g/mol. The molecule has 1 aromatic heterocycles. The molecule has 0 fully saturated rings. The minimum Gasteiger partial charge on any atom is -0.361 e. The third-order valence-electron chi connectivity index (χ3n) is 6.46. The van der Waals surface area contributed by atoms with Crippen molar-refractivity contribution in [2.45, 2.75) is 47.0 Å². The van der Waals surface area contributed by atoms with Crippen molar-refractivity contribution in [1.82, 2.24) is 4.57 Å². The van der Waals surface area contributed by atoms with Gasteiger partial charge in [0.1, 0.15) is 0 Å². The standard InChI is InChI=1S/C25H25N3O2/c1-14-7-8-19(11-17(14)4)25(30)28-21-10-9-18(22(29)13-27-26)12-20(21)23-15(2)5-6-16(3)24(23)28/h5-8,11,13,18H,9-10,12H2,1-4H3. The minimum atomic E-state index is -0.232. The van der Waals surface area contributed by atoms with Crippen molar-refractivity contribution in [2.24, 2.45) is 5.92 Å². The lowest BCUT2D eigenvalue weighted by molar-refractivity contribution is -0.119. The number of nitrogens with zero attached hydrogens (tertiary/aromatic N) is 3. The van der Waals surface area contributed by atoms with Gasteiger partial charge >= 0.3 is 6.21 Å². The normalized spacial score (nSPS) is 15.5. The van der Waals surface area contributed by atoms with Crippen LogP contribution in [0.4, 0.5) is 0 Å². The smallest absolute Gasteiger partial charge is 0.323 e. The SMILES string of the molecule is Cc1ccc(C(=O)n2c3c(c4c(C)ccc(C)c42)CC(C(=O)C=[N+]=[N-])CC3)cc1C. The average Bonchev–Trinajstić information content (AvgIpc) is 3.08. The number of fused-ring (bicyclic) bond motifs is 3. The van der Waals surface area contributed by atoms with Gasteiger partial charge in [0.25, 0.3) is 5.91 Å². The first-order valence-corrected chi connectivity index (χ1v) is 10.3. The maximum atomic E-state index is 13.7. The molecule has 1 heterocycles. The summed E-state index contributed by atoms with van der Waals surface area (Å²) in [4.78, 5) is 28.9.